The molecular formula is C25H29N5O3S. The average Bonchev–Trinajstić information content (AvgIpc) is 3.28. The van der Waals surface area contributed by atoms with Crippen molar-refractivity contribution < 1.29 is 13.2 Å². The fourth-order valence-electron chi connectivity index (χ4n) is 4.58. The van der Waals surface area contributed by atoms with Crippen molar-refractivity contribution in [3.8, 4) is 5.88 Å². The number of aryl methyl sites for hydroxylation is 1. The Balaban J connectivity index is 1.24. The number of benzene rings is 1. The van der Waals surface area contributed by atoms with E-state index in [4.69, 9.17) is 4.74 Å². The Labute approximate surface area is 200 Å². The lowest BCUT2D eigenvalue weighted by molar-refractivity contribution is 0.163. The summed E-state index contributed by atoms with van der Waals surface area (Å²) in [6, 6.07) is 11.4. The summed E-state index contributed by atoms with van der Waals surface area (Å²) in [5, 5.41) is 0. The van der Waals surface area contributed by atoms with Gasteiger partial charge in [0.25, 0.3) is 0 Å². The molecule has 0 aliphatic carbocycles. The minimum absolute atomic E-state index is 0.0945. The van der Waals surface area contributed by atoms with Crippen molar-refractivity contribution in [3.63, 3.8) is 0 Å². The molecule has 3 aromatic rings. The largest absolute Gasteiger partial charge is 0.474 e. The van der Waals surface area contributed by atoms with Crippen LogP contribution in [0.5, 0.6) is 5.88 Å². The minimum atomic E-state index is -3.23. The van der Waals surface area contributed by atoms with E-state index in [1.807, 2.05) is 18.3 Å². The van der Waals surface area contributed by atoms with E-state index in [1.165, 1.54) is 18.1 Å². The van der Waals surface area contributed by atoms with Gasteiger partial charge in [-0.05, 0) is 48.2 Å². The molecular weight excluding hydrogens is 450 g/mol. The van der Waals surface area contributed by atoms with Gasteiger partial charge in [-0.3, -0.25) is 0 Å². The first-order valence-electron chi connectivity index (χ1n) is 11.7. The number of fused-ring (bicyclic) bond motifs is 1. The van der Waals surface area contributed by atoms with Crippen molar-refractivity contribution in [2.75, 3.05) is 35.7 Å². The lowest BCUT2D eigenvalue weighted by atomic mass is 10.1. The van der Waals surface area contributed by atoms with E-state index >= 15 is 0 Å². The van der Waals surface area contributed by atoms with E-state index in [0.29, 0.717) is 10.8 Å². The van der Waals surface area contributed by atoms with Gasteiger partial charge in [0, 0.05) is 56.7 Å². The molecule has 1 saturated heterocycles. The van der Waals surface area contributed by atoms with Crippen LogP contribution in [0.3, 0.4) is 0 Å². The fourth-order valence-corrected chi connectivity index (χ4v) is 5.25. The van der Waals surface area contributed by atoms with Gasteiger partial charge >= 0.3 is 0 Å². The van der Waals surface area contributed by atoms with E-state index < -0.39 is 9.84 Å². The maximum Gasteiger partial charge on any atom is 0.218 e. The molecule has 0 amide bonds. The molecule has 0 saturated carbocycles. The van der Waals surface area contributed by atoms with Gasteiger partial charge < -0.3 is 14.5 Å². The SMILES string of the molecule is CCc1ccc(N2CCC(Oc3cc(N4CCc5cc(S(C)(=O)=O)ccc54)ncn3)CC2)nc1. The highest BCUT2D eigenvalue weighted by Crippen LogP contribution is 2.35. The monoisotopic (exact) mass is 479 g/mol. The molecule has 0 radical (unpaired) electrons. The van der Waals surface area contributed by atoms with Crippen LogP contribution in [-0.4, -0.2) is 55.4 Å². The number of rotatable bonds is 6. The molecule has 8 nitrogen and oxygen atoms in total. The summed E-state index contributed by atoms with van der Waals surface area (Å²) < 4.78 is 30.0. The smallest absolute Gasteiger partial charge is 0.218 e. The highest BCUT2D eigenvalue weighted by Gasteiger charge is 2.25. The summed E-state index contributed by atoms with van der Waals surface area (Å²) in [5.74, 6) is 2.34. The van der Waals surface area contributed by atoms with Crippen molar-refractivity contribution in [3.05, 3.63) is 60.0 Å². The molecule has 2 aliphatic rings. The summed E-state index contributed by atoms with van der Waals surface area (Å²) in [4.78, 5) is 18.1. The molecule has 178 valence electrons. The first kappa shape index (κ1) is 22.6. The molecule has 0 bridgehead atoms. The molecule has 4 heterocycles. The van der Waals surface area contributed by atoms with Crippen LogP contribution >= 0.6 is 0 Å². The summed E-state index contributed by atoms with van der Waals surface area (Å²) in [6.07, 6.45) is 8.38. The van der Waals surface area contributed by atoms with Gasteiger partial charge in [-0.1, -0.05) is 13.0 Å². The molecule has 0 N–H and O–H groups in total. The molecule has 1 fully saturated rings. The first-order chi connectivity index (χ1) is 16.4. The third-order valence-corrected chi connectivity index (χ3v) is 7.66. The van der Waals surface area contributed by atoms with Crippen molar-refractivity contribution in [1.29, 1.82) is 0 Å². The van der Waals surface area contributed by atoms with E-state index in [9.17, 15) is 8.42 Å². The minimum Gasteiger partial charge on any atom is -0.474 e. The number of nitrogens with zero attached hydrogens (tertiary/aromatic N) is 5. The van der Waals surface area contributed by atoms with Crippen LogP contribution in [0.1, 0.15) is 30.9 Å². The number of anilines is 3. The Morgan fingerprint density at radius 1 is 1.00 bits per heavy atom. The van der Waals surface area contributed by atoms with Gasteiger partial charge in [0.1, 0.15) is 24.1 Å². The van der Waals surface area contributed by atoms with Gasteiger partial charge in [0.2, 0.25) is 5.88 Å². The zero-order chi connectivity index (χ0) is 23.7. The zero-order valence-corrected chi connectivity index (χ0v) is 20.3. The molecule has 9 heteroatoms. The van der Waals surface area contributed by atoms with Crippen molar-refractivity contribution in [2.24, 2.45) is 0 Å². The topological polar surface area (TPSA) is 88.5 Å². The third kappa shape index (κ3) is 4.70. The summed E-state index contributed by atoms with van der Waals surface area (Å²) >= 11 is 0. The molecule has 34 heavy (non-hydrogen) atoms. The molecule has 0 atom stereocenters. The van der Waals surface area contributed by atoms with Crippen LogP contribution in [0.25, 0.3) is 0 Å². The predicted octanol–water partition coefficient (Wildman–Crippen LogP) is 3.58. The van der Waals surface area contributed by atoms with E-state index in [0.717, 1.165) is 68.2 Å². The Morgan fingerprint density at radius 2 is 1.82 bits per heavy atom. The van der Waals surface area contributed by atoms with Gasteiger partial charge in [-0.2, -0.15) is 0 Å². The standard InChI is InChI=1S/C25H29N5O3S/c1-3-18-4-7-23(26-16-18)29-11-9-20(10-12-29)33-25-15-24(27-17-28-25)30-13-8-19-14-21(34(2,31)32)5-6-22(19)30/h4-7,14-17,20H,3,8-13H2,1-2H3. The highest BCUT2D eigenvalue weighted by molar-refractivity contribution is 7.90. The quantitative estimate of drug-likeness (QED) is 0.530. The van der Waals surface area contributed by atoms with E-state index in [1.54, 1.807) is 12.1 Å². The molecule has 5 rings (SSSR count). The summed E-state index contributed by atoms with van der Waals surface area (Å²) in [6.45, 7) is 4.66. The number of sulfone groups is 1. The Morgan fingerprint density at radius 3 is 2.53 bits per heavy atom. The van der Waals surface area contributed by atoms with Gasteiger partial charge in [-0.15, -0.1) is 0 Å². The molecule has 1 aromatic carbocycles. The molecule has 2 aromatic heterocycles. The Kier molecular flexibility index (Phi) is 6.12. The van der Waals surface area contributed by atoms with Crippen LogP contribution in [0.2, 0.25) is 0 Å². The predicted molar refractivity (Wildman–Crippen MR) is 132 cm³/mol. The Hall–Kier alpha value is -3.20. The van der Waals surface area contributed by atoms with E-state index in [2.05, 4.69) is 43.8 Å². The van der Waals surface area contributed by atoms with Crippen LogP contribution in [0.4, 0.5) is 17.3 Å². The van der Waals surface area contributed by atoms with Crippen LogP contribution in [0.15, 0.2) is 53.8 Å². The van der Waals surface area contributed by atoms with Gasteiger partial charge in [-0.25, -0.2) is 23.4 Å². The first-order valence-corrected chi connectivity index (χ1v) is 13.6. The number of hydrogen-bond acceptors (Lipinski definition) is 8. The number of hydrogen-bond donors (Lipinski definition) is 0. The van der Waals surface area contributed by atoms with Crippen molar-refractivity contribution in [1.82, 2.24) is 15.0 Å². The Bertz CT molecular complexity index is 1270. The number of aromatic nitrogens is 3. The maximum atomic E-state index is 11.9. The van der Waals surface area contributed by atoms with E-state index in [-0.39, 0.29) is 6.10 Å². The van der Waals surface area contributed by atoms with Crippen LogP contribution in [-0.2, 0) is 22.7 Å². The third-order valence-electron chi connectivity index (χ3n) is 6.55. The number of pyridine rings is 1. The van der Waals surface area contributed by atoms with Crippen molar-refractivity contribution >= 4 is 27.2 Å². The second-order valence-corrected chi connectivity index (χ2v) is 10.9. The second-order valence-electron chi connectivity index (χ2n) is 8.86. The molecule has 2 aliphatic heterocycles. The fraction of sp³-hybridized carbons (Fsp3) is 0.400. The molecule has 0 spiro atoms. The van der Waals surface area contributed by atoms with Crippen molar-refractivity contribution in [2.45, 2.75) is 43.6 Å². The lowest BCUT2D eigenvalue weighted by Gasteiger charge is -2.32. The molecule has 0 unspecified atom stereocenters. The summed E-state index contributed by atoms with van der Waals surface area (Å²) in [5.41, 5.74) is 3.24. The second kappa shape index (κ2) is 9.21. The van der Waals surface area contributed by atoms with Gasteiger partial charge in [0.15, 0.2) is 9.84 Å². The number of piperidine rings is 1. The normalized spacial score (nSPS) is 16.5. The van der Waals surface area contributed by atoms with Gasteiger partial charge in [0.05, 0.1) is 4.90 Å². The maximum absolute atomic E-state index is 11.9. The summed E-state index contributed by atoms with van der Waals surface area (Å²) in [7, 11) is -3.23. The lowest BCUT2D eigenvalue weighted by Crippen LogP contribution is -2.38. The highest BCUT2D eigenvalue weighted by atomic mass is 32.2. The average molecular weight is 480 g/mol. The van der Waals surface area contributed by atoms with Crippen LogP contribution in [0, 0.1) is 0 Å². The van der Waals surface area contributed by atoms with Crippen LogP contribution < -0.4 is 14.5 Å². The number of ether oxygens (including phenoxy) is 1. The zero-order valence-electron chi connectivity index (χ0n) is 19.5.